The van der Waals surface area contributed by atoms with Crippen molar-refractivity contribution in [3.8, 4) is 0 Å². The number of rotatable bonds is 5. The third kappa shape index (κ3) is 3.99. The van der Waals surface area contributed by atoms with Gasteiger partial charge in [0.25, 0.3) is 5.76 Å². The monoisotopic (exact) mass is 313 g/mol. The number of nitrogen functional groups attached to an aromatic ring is 1. The van der Waals surface area contributed by atoms with Crippen LogP contribution < -0.4 is 11.1 Å². The van der Waals surface area contributed by atoms with E-state index < -0.39 is 10.7 Å². The van der Waals surface area contributed by atoms with Gasteiger partial charge in [-0.1, -0.05) is 11.8 Å². The molecular formula is C11H9F2N5O2S. The van der Waals surface area contributed by atoms with E-state index in [1.807, 2.05) is 0 Å². The Bertz CT molecular complexity index is 654. The Labute approximate surface area is 121 Å². The molecule has 110 valence electrons. The predicted octanol–water partition coefficient (Wildman–Crippen LogP) is 3.03. The van der Waals surface area contributed by atoms with E-state index in [2.05, 4.69) is 15.3 Å². The molecule has 1 aromatic carbocycles. The number of nitrogens with one attached hydrogen (secondary N) is 1. The minimum Gasteiger partial charge on any atom is -0.378 e. The van der Waals surface area contributed by atoms with Crippen molar-refractivity contribution in [2.24, 2.45) is 0 Å². The Kier molecular flexibility index (Phi) is 4.48. The number of hydrogen-bond acceptors (Lipinski definition) is 7. The molecule has 0 radical (unpaired) electrons. The van der Waals surface area contributed by atoms with Gasteiger partial charge in [0.15, 0.2) is 0 Å². The Morgan fingerprint density at radius 3 is 2.52 bits per heavy atom. The van der Waals surface area contributed by atoms with Crippen molar-refractivity contribution in [2.45, 2.75) is 10.7 Å². The van der Waals surface area contributed by atoms with Gasteiger partial charge in [-0.15, -0.1) is 0 Å². The molecule has 0 bridgehead atoms. The minimum absolute atomic E-state index is 0.0763. The van der Waals surface area contributed by atoms with Gasteiger partial charge in [0, 0.05) is 10.6 Å². The summed E-state index contributed by atoms with van der Waals surface area (Å²) in [6, 6.07) is 6.14. The van der Waals surface area contributed by atoms with Gasteiger partial charge < -0.3 is 11.1 Å². The largest absolute Gasteiger partial charge is 0.378 e. The molecule has 0 unspecified atom stereocenters. The van der Waals surface area contributed by atoms with Gasteiger partial charge in [-0.2, -0.15) is 13.8 Å². The van der Waals surface area contributed by atoms with Crippen LogP contribution in [0.4, 0.5) is 31.9 Å². The van der Waals surface area contributed by atoms with Gasteiger partial charge in [-0.05, 0) is 24.3 Å². The average molecular weight is 313 g/mol. The van der Waals surface area contributed by atoms with Gasteiger partial charge in [0.05, 0.1) is 4.92 Å². The summed E-state index contributed by atoms with van der Waals surface area (Å²) in [5, 5.41) is 13.3. The number of nitrogens with two attached hydrogens (primary N) is 1. The first-order valence-corrected chi connectivity index (χ1v) is 6.42. The van der Waals surface area contributed by atoms with E-state index in [9.17, 15) is 18.9 Å². The number of anilines is 3. The van der Waals surface area contributed by atoms with Crippen LogP contribution in [0, 0.1) is 10.1 Å². The summed E-state index contributed by atoms with van der Waals surface area (Å²) >= 11 is 0.434. The van der Waals surface area contributed by atoms with Crippen molar-refractivity contribution in [2.75, 3.05) is 11.1 Å². The van der Waals surface area contributed by atoms with E-state index in [-0.39, 0.29) is 17.5 Å². The molecule has 0 spiro atoms. The lowest BCUT2D eigenvalue weighted by atomic mass is 10.3. The molecule has 1 aromatic heterocycles. The zero-order valence-corrected chi connectivity index (χ0v) is 11.2. The van der Waals surface area contributed by atoms with Crippen LogP contribution >= 0.6 is 11.8 Å². The topological polar surface area (TPSA) is 107 Å². The second-order valence-electron chi connectivity index (χ2n) is 3.75. The van der Waals surface area contributed by atoms with Crippen molar-refractivity contribution in [3.63, 3.8) is 0 Å². The molecule has 0 aliphatic rings. The Morgan fingerprint density at radius 1 is 1.33 bits per heavy atom. The van der Waals surface area contributed by atoms with Gasteiger partial charge in [-0.25, -0.2) is 4.98 Å². The van der Waals surface area contributed by atoms with Crippen molar-refractivity contribution in [1.29, 1.82) is 0 Å². The van der Waals surface area contributed by atoms with Crippen LogP contribution in [0.3, 0.4) is 0 Å². The number of halogens is 2. The van der Waals surface area contributed by atoms with Crippen LogP contribution in [-0.2, 0) is 0 Å². The summed E-state index contributed by atoms with van der Waals surface area (Å²) in [6.07, 6.45) is 0.992. The Balaban J connectivity index is 2.11. The molecule has 1 heterocycles. The quantitative estimate of drug-likeness (QED) is 0.496. The maximum Gasteiger partial charge on any atom is 0.329 e. The molecule has 0 saturated carbocycles. The maximum atomic E-state index is 12.2. The zero-order chi connectivity index (χ0) is 15.4. The molecule has 2 aromatic rings. The van der Waals surface area contributed by atoms with Crippen LogP contribution in [-0.4, -0.2) is 20.6 Å². The van der Waals surface area contributed by atoms with Crippen molar-refractivity contribution in [3.05, 3.63) is 40.6 Å². The fraction of sp³-hybridized carbons (Fsp3) is 0.0909. The standard InChI is InChI=1S/C11H9F2N5O2S/c12-10(13)21-7-3-1-6(2-4-7)16-11-15-5-8(18(19)20)9(14)17-11/h1-5,10H,(H3,14,15,16,17). The van der Waals surface area contributed by atoms with E-state index in [1.54, 1.807) is 12.1 Å². The first-order chi connectivity index (χ1) is 9.95. The van der Waals surface area contributed by atoms with Gasteiger partial charge >= 0.3 is 5.69 Å². The Hall–Kier alpha value is -2.49. The molecule has 0 atom stereocenters. The number of benzene rings is 1. The molecule has 7 nitrogen and oxygen atoms in total. The average Bonchev–Trinajstić information content (AvgIpc) is 2.40. The lowest BCUT2D eigenvalue weighted by Crippen LogP contribution is -2.03. The van der Waals surface area contributed by atoms with Gasteiger partial charge in [0.1, 0.15) is 6.20 Å². The molecule has 0 fully saturated rings. The van der Waals surface area contributed by atoms with Crippen LogP contribution in [0.1, 0.15) is 0 Å². The molecule has 10 heteroatoms. The number of hydrogen-bond donors (Lipinski definition) is 2. The number of nitro groups is 1. The zero-order valence-electron chi connectivity index (χ0n) is 10.4. The molecule has 0 aliphatic heterocycles. The van der Waals surface area contributed by atoms with Crippen LogP contribution in [0.5, 0.6) is 0 Å². The highest BCUT2D eigenvalue weighted by molar-refractivity contribution is 7.99. The predicted molar refractivity (Wildman–Crippen MR) is 74.7 cm³/mol. The van der Waals surface area contributed by atoms with Crippen molar-refractivity contribution < 1.29 is 13.7 Å². The van der Waals surface area contributed by atoms with E-state index >= 15 is 0 Å². The molecular weight excluding hydrogens is 304 g/mol. The summed E-state index contributed by atoms with van der Waals surface area (Å²) in [4.78, 5) is 17.8. The second-order valence-corrected chi connectivity index (χ2v) is 4.81. The molecule has 21 heavy (non-hydrogen) atoms. The SMILES string of the molecule is Nc1nc(Nc2ccc(SC(F)F)cc2)ncc1[N+](=O)[O-]. The number of thioether (sulfide) groups is 1. The molecule has 0 amide bonds. The first-order valence-electron chi connectivity index (χ1n) is 5.54. The highest BCUT2D eigenvalue weighted by Crippen LogP contribution is 2.27. The molecule has 0 saturated heterocycles. The summed E-state index contributed by atoms with van der Waals surface area (Å²) in [7, 11) is 0. The van der Waals surface area contributed by atoms with Gasteiger partial charge in [-0.3, -0.25) is 10.1 Å². The summed E-state index contributed by atoms with van der Waals surface area (Å²) in [5.74, 6) is -2.67. The number of aromatic nitrogens is 2. The van der Waals surface area contributed by atoms with Crippen molar-refractivity contribution in [1.82, 2.24) is 9.97 Å². The smallest absolute Gasteiger partial charge is 0.329 e. The van der Waals surface area contributed by atoms with E-state index in [0.29, 0.717) is 22.3 Å². The summed E-state index contributed by atoms with van der Waals surface area (Å²) in [5.41, 5.74) is 5.59. The molecule has 3 N–H and O–H groups in total. The minimum atomic E-state index is -2.48. The lowest BCUT2D eigenvalue weighted by Gasteiger charge is -2.06. The normalized spacial score (nSPS) is 10.6. The lowest BCUT2D eigenvalue weighted by molar-refractivity contribution is -0.384. The summed E-state index contributed by atoms with van der Waals surface area (Å²) in [6.45, 7) is 0. The van der Waals surface area contributed by atoms with E-state index in [4.69, 9.17) is 5.73 Å². The van der Waals surface area contributed by atoms with Crippen molar-refractivity contribution >= 4 is 34.9 Å². The third-order valence-electron chi connectivity index (χ3n) is 2.33. The highest BCUT2D eigenvalue weighted by Gasteiger charge is 2.14. The number of alkyl halides is 2. The van der Waals surface area contributed by atoms with Gasteiger partial charge in [0.2, 0.25) is 11.8 Å². The fourth-order valence-corrected chi connectivity index (χ4v) is 1.94. The second kappa shape index (κ2) is 6.31. The van der Waals surface area contributed by atoms with E-state index in [1.165, 1.54) is 12.1 Å². The molecule has 2 rings (SSSR count). The van der Waals surface area contributed by atoms with E-state index in [0.717, 1.165) is 6.20 Å². The van der Waals surface area contributed by atoms with Crippen LogP contribution in [0.25, 0.3) is 0 Å². The first kappa shape index (κ1) is 14.9. The highest BCUT2D eigenvalue weighted by atomic mass is 32.2. The molecule has 0 aliphatic carbocycles. The maximum absolute atomic E-state index is 12.2. The van der Waals surface area contributed by atoms with Crippen LogP contribution in [0.15, 0.2) is 35.4 Å². The fourth-order valence-electron chi connectivity index (χ4n) is 1.44. The summed E-state index contributed by atoms with van der Waals surface area (Å²) < 4.78 is 24.3. The Morgan fingerprint density at radius 2 is 2.00 bits per heavy atom. The number of nitrogens with zero attached hydrogens (tertiary/aromatic N) is 3. The third-order valence-corrected chi connectivity index (χ3v) is 3.05. The van der Waals surface area contributed by atoms with Crippen LogP contribution in [0.2, 0.25) is 0 Å².